The average Bonchev–Trinajstić information content (AvgIpc) is 3.10. The van der Waals surface area contributed by atoms with Gasteiger partial charge < -0.3 is 16.0 Å². The molecule has 0 unspecified atom stereocenters. The molecule has 2 heterocycles. The summed E-state index contributed by atoms with van der Waals surface area (Å²) in [5, 5.41) is 17.7. The zero-order valence-electron chi connectivity index (χ0n) is 16.6. The smallest absolute Gasteiger partial charge is 0.221 e. The van der Waals surface area contributed by atoms with Gasteiger partial charge in [0.05, 0.1) is 0 Å². The monoisotopic (exact) mass is 507 g/mol. The number of guanidine groups is 1. The van der Waals surface area contributed by atoms with Gasteiger partial charge in [-0.1, -0.05) is 18.2 Å². The number of aliphatic imine (C=N–C) groups is 1. The van der Waals surface area contributed by atoms with Gasteiger partial charge in [0.15, 0.2) is 17.4 Å². The number of anilines is 1. The molecule has 1 amide bonds. The Balaban J connectivity index is 0.00000300. The van der Waals surface area contributed by atoms with Crippen LogP contribution in [0.2, 0.25) is 0 Å². The number of hydrogen-bond acceptors (Lipinski definition) is 4. The molecule has 0 aliphatic carbocycles. The van der Waals surface area contributed by atoms with E-state index in [9.17, 15) is 4.79 Å². The first-order chi connectivity index (χ1) is 13.7. The second-order valence-electron chi connectivity index (χ2n) is 6.30. The van der Waals surface area contributed by atoms with Crippen LogP contribution in [0.25, 0.3) is 5.65 Å². The molecule has 2 aromatic heterocycles. The van der Waals surface area contributed by atoms with E-state index >= 15 is 0 Å². The zero-order valence-corrected chi connectivity index (χ0v) is 18.9. The second kappa shape index (κ2) is 11.3. The minimum absolute atomic E-state index is 0. The van der Waals surface area contributed by atoms with Crippen molar-refractivity contribution in [2.24, 2.45) is 4.99 Å². The van der Waals surface area contributed by atoms with Crippen LogP contribution in [0.1, 0.15) is 25.2 Å². The molecule has 3 aromatic rings. The van der Waals surface area contributed by atoms with Crippen molar-refractivity contribution in [1.29, 1.82) is 0 Å². The first-order valence-electron chi connectivity index (χ1n) is 9.33. The minimum Gasteiger partial charge on any atom is -0.357 e. The fourth-order valence-corrected chi connectivity index (χ4v) is 2.77. The Morgan fingerprint density at radius 1 is 1.10 bits per heavy atom. The third-order valence-electron chi connectivity index (χ3n) is 4.09. The van der Waals surface area contributed by atoms with Gasteiger partial charge in [-0.25, -0.2) is 4.99 Å². The number of carbonyl (C=O) groups is 1. The fourth-order valence-electron chi connectivity index (χ4n) is 2.77. The molecule has 0 saturated heterocycles. The SMILES string of the molecule is CCNC(=NCc1nnc2ccccn12)NCCc1ccc(NC(C)=O)cc1.I. The van der Waals surface area contributed by atoms with E-state index in [1.165, 1.54) is 12.5 Å². The van der Waals surface area contributed by atoms with Gasteiger partial charge in [0.2, 0.25) is 5.91 Å². The number of benzene rings is 1. The molecule has 0 saturated carbocycles. The summed E-state index contributed by atoms with van der Waals surface area (Å²) in [6.07, 6.45) is 2.78. The number of pyridine rings is 1. The highest BCUT2D eigenvalue weighted by Gasteiger charge is 2.05. The largest absolute Gasteiger partial charge is 0.357 e. The van der Waals surface area contributed by atoms with Crippen LogP contribution in [0, 0.1) is 0 Å². The maximum atomic E-state index is 11.1. The third-order valence-corrected chi connectivity index (χ3v) is 4.09. The van der Waals surface area contributed by atoms with Crippen molar-refractivity contribution < 1.29 is 4.79 Å². The summed E-state index contributed by atoms with van der Waals surface area (Å²) in [4.78, 5) is 15.7. The Morgan fingerprint density at radius 2 is 1.90 bits per heavy atom. The molecule has 8 nitrogen and oxygen atoms in total. The summed E-state index contributed by atoms with van der Waals surface area (Å²) < 4.78 is 1.93. The van der Waals surface area contributed by atoms with Crippen molar-refractivity contribution in [3.05, 3.63) is 60.0 Å². The van der Waals surface area contributed by atoms with E-state index in [1.807, 2.05) is 60.0 Å². The standard InChI is InChI=1S/C20H25N7O.HI/c1-3-21-20(23-14-19-26-25-18-6-4-5-13-27(18)19)22-12-11-16-7-9-17(10-8-16)24-15(2)28;/h4-10,13H,3,11-12,14H2,1-2H3,(H,24,28)(H2,21,22,23);1H. The highest BCUT2D eigenvalue weighted by Crippen LogP contribution is 2.09. The third kappa shape index (κ3) is 6.70. The van der Waals surface area contributed by atoms with Gasteiger partial charge in [0.25, 0.3) is 0 Å². The number of fused-ring (bicyclic) bond motifs is 1. The lowest BCUT2D eigenvalue weighted by Gasteiger charge is -2.11. The molecule has 0 fully saturated rings. The normalized spacial score (nSPS) is 11.0. The van der Waals surface area contributed by atoms with Crippen molar-refractivity contribution in [1.82, 2.24) is 25.2 Å². The van der Waals surface area contributed by atoms with Gasteiger partial charge in [-0.3, -0.25) is 9.20 Å². The number of aromatic nitrogens is 3. The molecule has 0 spiro atoms. The molecule has 29 heavy (non-hydrogen) atoms. The highest BCUT2D eigenvalue weighted by molar-refractivity contribution is 14.0. The van der Waals surface area contributed by atoms with Crippen LogP contribution >= 0.6 is 24.0 Å². The number of nitrogens with one attached hydrogen (secondary N) is 3. The fraction of sp³-hybridized carbons (Fsp3) is 0.300. The first kappa shape index (κ1) is 22.6. The molecule has 3 N–H and O–H groups in total. The highest BCUT2D eigenvalue weighted by atomic mass is 127. The van der Waals surface area contributed by atoms with Gasteiger partial charge in [-0.05, 0) is 43.2 Å². The van der Waals surface area contributed by atoms with E-state index in [0.717, 1.165) is 42.6 Å². The summed E-state index contributed by atoms with van der Waals surface area (Å²) in [7, 11) is 0. The molecular formula is C20H26IN7O. The number of nitrogens with zero attached hydrogens (tertiary/aromatic N) is 4. The van der Waals surface area contributed by atoms with Gasteiger partial charge in [0, 0.05) is 31.9 Å². The van der Waals surface area contributed by atoms with E-state index in [-0.39, 0.29) is 29.9 Å². The summed E-state index contributed by atoms with van der Waals surface area (Å²) in [6.45, 7) is 5.49. The molecule has 154 valence electrons. The Labute approximate surface area is 187 Å². The van der Waals surface area contributed by atoms with Gasteiger partial charge in [0.1, 0.15) is 6.54 Å². The van der Waals surface area contributed by atoms with E-state index in [2.05, 4.69) is 31.1 Å². The Hall–Kier alpha value is -2.69. The topological polar surface area (TPSA) is 95.7 Å². The number of halogens is 1. The van der Waals surface area contributed by atoms with E-state index in [4.69, 9.17) is 0 Å². The molecule has 0 aliphatic heterocycles. The van der Waals surface area contributed by atoms with Crippen LogP contribution in [0.5, 0.6) is 0 Å². The van der Waals surface area contributed by atoms with Gasteiger partial charge in [-0.15, -0.1) is 34.2 Å². The maximum Gasteiger partial charge on any atom is 0.221 e. The molecule has 0 radical (unpaired) electrons. The van der Waals surface area contributed by atoms with Crippen molar-refractivity contribution in [2.45, 2.75) is 26.8 Å². The number of rotatable bonds is 7. The molecule has 0 atom stereocenters. The lowest BCUT2D eigenvalue weighted by molar-refractivity contribution is -0.114. The second-order valence-corrected chi connectivity index (χ2v) is 6.30. The number of carbonyl (C=O) groups excluding carboxylic acids is 1. The molecular weight excluding hydrogens is 481 g/mol. The lowest BCUT2D eigenvalue weighted by atomic mass is 10.1. The molecule has 0 bridgehead atoms. The lowest BCUT2D eigenvalue weighted by Crippen LogP contribution is -2.38. The zero-order chi connectivity index (χ0) is 19.8. The molecule has 1 aromatic carbocycles. The molecule has 0 aliphatic rings. The minimum atomic E-state index is -0.0682. The number of amides is 1. The Morgan fingerprint density at radius 3 is 2.62 bits per heavy atom. The van der Waals surface area contributed by atoms with Crippen LogP contribution in [0.15, 0.2) is 53.7 Å². The Kier molecular flexibility index (Phi) is 8.84. The summed E-state index contributed by atoms with van der Waals surface area (Å²) in [5.74, 6) is 1.47. The summed E-state index contributed by atoms with van der Waals surface area (Å²) in [6, 6.07) is 13.6. The quantitative estimate of drug-likeness (QED) is 0.260. The summed E-state index contributed by atoms with van der Waals surface area (Å²) in [5.41, 5.74) is 2.80. The first-order valence-corrected chi connectivity index (χ1v) is 9.33. The predicted octanol–water partition coefficient (Wildman–Crippen LogP) is 2.60. The van der Waals surface area contributed by atoms with Crippen LogP contribution in [-0.4, -0.2) is 39.6 Å². The van der Waals surface area contributed by atoms with Gasteiger partial charge >= 0.3 is 0 Å². The molecule has 9 heteroatoms. The predicted molar refractivity (Wildman–Crippen MR) is 126 cm³/mol. The van der Waals surface area contributed by atoms with Crippen LogP contribution in [-0.2, 0) is 17.8 Å². The van der Waals surface area contributed by atoms with Crippen molar-refractivity contribution in [2.75, 3.05) is 18.4 Å². The van der Waals surface area contributed by atoms with E-state index in [1.54, 1.807) is 0 Å². The van der Waals surface area contributed by atoms with Crippen LogP contribution < -0.4 is 16.0 Å². The van der Waals surface area contributed by atoms with E-state index in [0.29, 0.717) is 6.54 Å². The molecule has 3 rings (SSSR count). The van der Waals surface area contributed by atoms with Crippen molar-refractivity contribution in [3.8, 4) is 0 Å². The number of hydrogen-bond donors (Lipinski definition) is 3. The van der Waals surface area contributed by atoms with Crippen molar-refractivity contribution >= 4 is 47.2 Å². The van der Waals surface area contributed by atoms with Crippen molar-refractivity contribution in [3.63, 3.8) is 0 Å². The van der Waals surface area contributed by atoms with Crippen LogP contribution in [0.3, 0.4) is 0 Å². The van der Waals surface area contributed by atoms with E-state index < -0.39 is 0 Å². The summed E-state index contributed by atoms with van der Waals surface area (Å²) >= 11 is 0. The Bertz CT molecular complexity index is 953. The van der Waals surface area contributed by atoms with Crippen LogP contribution in [0.4, 0.5) is 5.69 Å². The van der Waals surface area contributed by atoms with Gasteiger partial charge in [-0.2, -0.15) is 0 Å². The average molecular weight is 507 g/mol. The maximum absolute atomic E-state index is 11.1.